The van der Waals surface area contributed by atoms with Crippen LogP contribution >= 0.6 is 0 Å². The summed E-state index contributed by atoms with van der Waals surface area (Å²) in [6, 6.07) is 15.3. The van der Waals surface area contributed by atoms with Crippen LogP contribution in [0.4, 0.5) is 0 Å². The van der Waals surface area contributed by atoms with Gasteiger partial charge < -0.3 is 4.57 Å². The largest absolute Gasteiger partial charge is 0.324 e. The molecule has 0 unspecified atom stereocenters. The molecule has 4 rings (SSSR count). The van der Waals surface area contributed by atoms with E-state index in [0.717, 1.165) is 48.1 Å². The predicted octanol–water partition coefficient (Wildman–Crippen LogP) is 5.28. The summed E-state index contributed by atoms with van der Waals surface area (Å²) in [5.41, 5.74) is 3.41. The Morgan fingerprint density at radius 3 is 2.29 bits per heavy atom. The van der Waals surface area contributed by atoms with E-state index in [1.807, 2.05) is 37.3 Å². The van der Waals surface area contributed by atoms with Crippen molar-refractivity contribution in [3.63, 3.8) is 0 Å². The smallest absolute Gasteiger partial charge is 0.240 e. The van der Waals surface area contributed by atoms with E-state index in [-0.39, 0.29) is 6.04 Å². The van der Waals surface area contributed by atoms with Crippen molar-refractivity contribution in [3.8, 4) is 0 Å². The Bertz CT molecular complexity index is 1150. The third kappa shape index (κ3) is 4.85. The summed E-state index contributed by atoms with van der Waals surface area (Å²) >= 11 is 0. The van der Waals surface area contributed by atoms with E-state index in [4.69, 9.17) is 0 Å². The molecule has 0 amide bonds. The van der Waals surface area contributed by atoms with E-state index in [1.54, 1.807) is 12.1 Å². The Kier molecular flexibility index (Phi) is 5.97. The maximum absolute atomic E-state index is 12.9. The van der Waals surface area contributed by atoms with Gasteiger partial charge in [-0.15, -0.1) is 0 Å². The van der Waals surface area contributed by atoms with Gasteiger partial charge in [0, 0.05) is 12.6 Å². The lowest BCUT2D eigenvalue weighted by molar-refractivity contribution is 0.166. The molecular formula is C25H33N3O2S. The fraction of sp³-hybridized carbons (Fsp3) is 0.480. The Hall–Kier alpha value is -2.18. The Labute approximate surface area is 185 Å². The average Bonchev–Trinajstić information content (AvgIpc) is 3.03. The number of fused-ring (bicyclic) bond motifs is 1. The highest BCUT2D eigenvalue weighted by molar-refractivity contribution is 7.89. The van der Waals surface area contributed by atoms with Crippen molar-refractivity contribution in [1.29, 1.82) is 0 Å². The van der Waals surface area contributed by atoms with Gasteiger partial charge in [0.25, 0.3) is 0 Å². The monoisotopic (exact) mass is 439 g/mol. The topological polar surface area (TPSA) is 64.0 Å². The van der Waals surface area contributed by atoms with Gasteiger partial charge in [0.05, 0.1) is 15.9 Å². The van der Waals surface area contributed by atoms with Gasteiger partial charge in [-0.05, 0) is 73.8 Å². The molecule has 3 aromatic rings. The first-order valence-electron chi connectivity index (χ1n) is 11.2. The lowest BCUT2D eigenvalue weighted by Crippen LogP contribution is -2.39. The molecule has 1 aliphatic rings. The fourth-order valence-electron chi connectivity index (χ4n) is 4.72. The zero-order valence-electron chi connectivity index (χ0n) is 18.9. The summed E-state index contributed by atoms with van der Waals surface area (Å²) in [6.07, 6.45) is 3.97. The minimum atomic E-state index is -3.50. The third-order valence-corrected chi connectivity index (χ3v) is 8.23. The van der Waals surface area contributed by atoms with E-state index in [1.165, 1.54) is 0 Å². The SMILES string of the molecule is Cc1nc2ccccc2n1Cc1ccc(S(=O)(=O)NC2CCC(C(C)(C)C)CC2)cc1. The van der Waals surface area contributed by atoms with Crippen molar-refractivity contribution in [1.82, 2.24) is 14.3 Å². The lowest BCUT2D eigenvalue weighted by Gasteiger charge is -2.37. The quantitative estimate of drug-likeness (QED) is 0.588. The van der Waals surface area contributed by atoms with Crippen LogP contribution in [0.2, 0.25) is 0 Å². The van der Waals surface area contributed by atoms with Gasteiger partial charge >= 0.3 is 0 Å². The second-order valence-corrected chi connectivity index (χ2v) is 11.6. The van der Waals surface area contributed by atoms with Crippen LogP contribution in [-0.2, 0) is 16.6 Å². The molecule has 1 heterocycles. The van der Waals surface area contributed by atoms with Crippen molar-refractivity contribution in [3.05, 3.63) is 59.9 Å². The minimum absolute atomic E-state index is 0.0308. The van der Waals surface area contributed by atoms with Crippen LogP contribution in [0, 0.1) is 18.3 Å². The van der Waals surface area contributed by atoms with Crippen LogP contribution in [0.5, 0.6) is 0 Å². The highest BCUT2D eigenvalue weighted by Crippen LogP contribution is 2.38. The first-order valence-corrected chi connectivity index (χ1v) is 12.6. The second-order valence-electron chi connectivity index (χ2n) is 9.91. The zero-order chi connectivity index (χ0) is 22.2. The lowest BCUT2D eigenvalue weighted by atomic mass is 9.71. The fourth-order valence-corrected chi connectivity index (χ4v) is 6.02. The second kappa shape index (κ2) is 8.40. The molecule has 5 nitrogen and oxygen atoms in total. The Balaban J connectivity index is 1.43. The molecule has 31 heavy (non-hydrogen) atoms. The van der Waals surface area contributed by atoms with E-state index >= 15 is 0 Å². The van der Waals surface area contributed by atoms with Crippen molar-refractivity contribution < 1.29 is 8.42 Å². The van der Waals surface area contributed by atoms with Gasteiger partial charge in [0.2, 0.25) is 10.0 Å². The number of hydrogen-bond donors (Lipinski definition) is 1. The van der Waals surface area contributed by atoms with Crippen LogP contribution in [-0.4, -0.2) is 24.0 Å². The van der Waals surface area contributed by atoms with E-state index in [2.05, 4.69) is 41.1 Å². The summed E-state index contributed by atoms with van der Waals surface area (Å²) in [5.74, 6) is 1.61. The van der Waals surface area contributed by atoms with E-state index in [0.29, 0.717) is 22.8 Å². The zero-order valence-corrected chi connectivity index (χ0v) is 19.7. The summed E-state index contributed by atoms with van der Waals surface area (Å²) in [6.45, 7) is 9.49. The van der Waals surface area contributed by atoms with Gasteiger partial charge in [0.15, 0.2) is 0 Å². The number of benzene rings is 2. The number of nitrogens with zero attached hydrogens (tertiary/aromatic N) is 2. The van der Waals surface area contributed by atoms with Crippen LogP contribution in [0.3, 0.4) is 0 Å². The molecule has 6 heteroatoms. The summed E-state index contributed by atoms with van der Waals surface area (Å²) < 4.78 is 30.9. The highest BCUT2D eigenvalue weighted by atomic mass is 32.2. The number of aryl methyl sites for hydroxylation is 1. The average molecular weight is 440 g/mol. The van der Waals surface area contributed by atoms with Crippen molar-refractivity contribution in [2.24, 2.45) is 11.3 Å². The molecule has 1 aliphatic carbocycles. The number of aromatic nitrogens is 2. The molecule has 2 aromatic carbocycles. The molecule has 0 atom stereocenters. The molecule has 0 aliphatic heterocycles. The van der Waals surface area contributed by atoms with Crippen molar-refractivity contribution in [2.45, 2.75) is 70.9 Å². The molecule has 1 saturated carbocycles. The van der Waals surface area contributed by atoms with Gasteiger partial charge in [-0.25, -0.2) is 18.1 Å². The van der Waals surface area contributed by atoms with Gasteiger partial charge in [0.1, 0.15) is 5.82 Å². The number of nitrogens with one attached hydrogen (secondary N) is 1. The molecule has 0 saturated heterocycles. The van der Waals surface area contributed by atoms with E-state index < -0.39 is 10.0 Å². The molecule has 166 valence electrons. The maximum Gasteiger partial charge on any atom is 0.240 e. The Morgan fingerprint density at radius 1 is 1.00 bits per heavy atom. The predicted molar refractivity (Wildman–Crippen MR) is 126 cm³/mol. The number of imidazole rings is 1. The molecule has 1 aromatic heterocycles. The normalized spacial score (nSPS) is 20.3. The van der Waals surface area contributed by atoms with Crippen LogP contribution in [0.15, 0.2) is 53.4 Å². The molecule has 0 radical (unpaired) electrons. The number of sulfonamides is 1. The van der Waals surface area contributed by atoms with Gasteiger partial charge in [-0.2, -0.15) is 0 Å². The molecular weight excluding hydrogens is 406 g/mol. The van der Waals surface area contributed by atoms with Gasteiger partial charge in [-0.1, -0.05) is 45.0 Å². The van der Waals surface area contributed by atoms with E-state index in [9.17, 15) is 8.42 Å². The number of rotatable bonds is 5. The van der Waals surface area contributed by atoms with Crippen LogP contribution in [0.25, 0.3) is 11.0 Å². The minimum Gasteiger partial charge on any atom is -0.324 e. The summed E-state index contributed by atoms with van der Waals surface area (Å²) in [4.78, 5) is 4.94. The van der Waals surface area contributed by atoms with Crippen molar-refractivity contribution in [2.75, 3.05) is 0 Å². The van der Waals surface area contributed by atoms with Gasteiger partial charge in [-0.3, -0.25) is 0 Å². The van der Waals surface area contributed by atoms with Crippen molar-refractivity contribution >= 4 is 21.1 Å². The molecule has 0 bridgehead atoms. The molecule has 1 fully saturated rings. The summed E-state index contributed by atoms with van der Waals surface area (Å²) in [5, 5.41) is 0. The number of para-hydroxylation sites is 2. The molecule has 1 N–H and O–H groups in total. The number of hydrogen-bond acceptors (Lipinski definition) is 3. The summed E-state index contributed by atoms with van der Waals surface area (Å²) in [7, 11) is -3.50. The third-order valence-electron chi connectivity index (χ3n) is 6.69. The molecule has 0 spiro atoms. The first kappa shape index (κ1) is 22.0. The Morgan fingerprint density at radius 2 is 1.65 bits per heavy atom. The highest BCUT2D eigenvalue weighted by Gasteiger charge is 2.31. The maximum atomic E-state index is 12.9. The standard InChI is InChI=1S/C25H33N3O2S/c1-18-26-23-7-5-6-8-24(23)28(18)17-19-9-15-22(16-10-19)31(29,30)27-21-13-11-20(12-14-21)25(2,3)4/h5-10,15-16,20-21,27H,11-14,17H2,1-4H3. The first-order chi connectivity index (χ1) is 14.6. The van der Waals surface area contributed by atoms with Crippen LogP contribution in [0.1, 0.15) is 57.8 Å². The van der Waals surface area contributed by atoms with Crippen LogP contribution < -0.4 is 4.72 Å².